The van der Waals surface area contributed by atoms with Crippen molar-refractivity contribution < 1.29 is 14.3 Å². The number of ether oxygens (including phenoxy) is 2. The lowest BCUT2D eigenvalue weighted by atomic mass is 10.2. The number of nitrogens with zero attached hydrogens (tertiary/aromatic N) is 5. The molecular weight excluding hydrogens is 392 g/mol. The summed E-state index contributed by atoms with van der Waals surface area (Å²) in [6.45, 7) is 0.191. The highest BCUT2D eigenvalue weighted by Gasteiger charge is 2.15. The number of thioether (sulfide) groups is 1. The summed E-state index contributed by atoms with van der Waals surface area (Å²) in [5, 5.41) is 16.2. The third-order valence-electron chi connectivity index (χ3n) is 4.20. The third kappa shape index (κ3) is 3.57. The highest BCUT2D eigenvalue weighted by Crippen LogP contribution is 2.34. The number of carbonyl (C=O) groups excluding carboxylic acids is 1. The average Bonchev–Trinajstić information content (AvgIpc) is 3.39. The van der Waals surface area contributed by atoms with Gasteiger partial charge in [0.05, 0.1) is 11.4 Å². The minimum absolute atomic E-state index is 0.163. The van der Waals surface area contributed by atoms with Crippen LogP contribution in [0.5, 0.6) is 11.5 Å². The lowest BCUT2D eigenvalue weighted by molar-refractivity contribution is -0.113. The summed E-state index contributed by atoms with van der Waals surface area (Å²) in [5.74, 6) is 1.28. The molecule has 0 aliphatic carbocycles. The number of fused-ring (bicyclic) bond motifs is 2. The van der Waals surface area contributed by atoms with Crippen LogP contribution in [0.2, 0.25) is 0 Å². The lowest BCUT2D eigenvalue weighted by Crippen LogP contribution is -2.14. The van der Waals surface area contributed by atoms with Crippen molar-refractivity contribution in [3.8, 4) is 22.8 Å². The number of amides is 1. The summed E-state index contributed by atoms with van der Waals surface area (Å²) in [7, 11) is 0. The van der Waals surface area contributed by atoms with Gasteiger partial charge in [0.15, 0.2) is 17.1 Å². The molecule has 0 saturated carbocycles. The number of rotatable bonds is 5. The Morgan fingerprint density at radius 2 is 1.93 bits per heavy atom. The molecule has 1 aromatic carbocycles. The van der Waals surface area contributed by atoms with Crippen LogP contribution in [-0.4, -0.2) is 43.2 Å². The summed E-state index contributed by atoms with van der Waals surface area (Å²) in [6.07, 6.45) is 3.42. The molecule has 1 amide bonds. The molecule has 3 aromatic heterocycles. The average molecular weight is 406 g/mol. The van der Waals surface area contributed by atoms with E-state index in [1.807, 2.05) is 24.3 Å². The Hall–Kier alpha value is -3.66. The normalized spacial score (nSPS) is 12.3. The molecule has 5 rings (SSSR count). The number of carbonyl (C=O) groups is 1. The first-order valence-electron chi connectivity index (χ1n) is 8.71. The van der Waals surface area contributed by atoms with Crippen molar-refractivity contribution in [3.63, 3.8) is 0 Å². The minimum atomic E-state index is -0.170. The van der Waals surface area contributed by atoms with Crippen LogP contribution >= 0.6 is 11.8 Å². The summed E-state index contributed by atoms with van der Waals surface area (Å²) < 4.78 is 12.2. The van der Waals surface area contributed by atoms with Crippen molar-refractivity contribution in [2.75, 3.05) is 17.9 Å². The summed E-state index contributed by atoms with van der Waals surface area (Å²) in [5.41, 5.74) is 2.96. The van der Waals surface area contributed by atoms with Crippen molar-refractivity contribution >= 4 is 29.0 Å². The second kappa shape index (κ2) is 7.40. The van der Waals surface area contributed by atoms with Gasteiger partial charge in [0.1, 0.15) is 0 Å². The van der Waals surface area contributed by atoms with E-state index in [-0.39, 0.29) is 18.5 Å². The molecule has 4 aromatic rings. The first-order valence-corrected chi connectivity index (χ1v) is 9.70. The smallest absolute Gasteiger partial charge is 0.234 e. The second-order valence-corrected chi connectivity index (χ2v) is 7.05. The van der Waals surface area contributed by atoms with Gasteiger partial charge in [0.25, 0.3) is 0 Å². The summed E-state index contributed by atoms with van der Waals surface area (Å²) in [4.78, 5) is 16.4. The van der Waals surface area contributed by atoms with Gasteiger partial charge in [-0.2, -0.15) is 9.61 Å². The SMILES string of the molecule is O=C(CSc1nnc2ccc(-c3ccncc3)nn12)Nc1ccc2c(c1)OCO2. The van der Waals surface area contributed by atoms with Crippen LogP contribution < -0.4 is 14.8 Å². The first kappa shape index (κ1) is 17.4. The van der Waals surface area contributed by atoms with E-state index in [9.17, 15) is 4.79 Å². The van der Waals surface area contributed by atoms with Gasteiger partial charge in [-0.15, -0.1) is 10.2 Å². The molecule has 9 nitrogen and oxygen atoms in total. The molecule has 1 aliphatic heterocycles. The Bertz CT molecular complexity index is 1200. The molecule has 4 heterocycles. The maximum atomic E-state index is 12.3. The van der Waals surface area contributed by atoms with Gasteiger partial charge < -0.3 is 14.8 Å². The summed E-state index contributed by atoms with van der Waals surface area (Å²) in [6, 6.07) is 12.7. The fraction of sp³-hybridized carbons (Fsp3) is 0.105. The molecule has 1 N–H and O–H groups in total. The molecule has 144 valence electrons. The predicted octanol–water partition coefficient (Wildman–Crippen LogP) is 2.65. The molecule has 0 fully saturated rings. The van der Waals surface area contributed by atoms with E-state index in [4.69, 9.17) is 9.47 Å². The number of anilines is 1. The van der Waals surface area contributed by atoms with Gasteiger partial charge in [-0.25, -0.2) is 0 Å². The molecule has 0 radical (unpaired) electrons. The van der Waals surface area contributed by atoms with E-state index >= 15 is 0 Å². The van der Waals surface area contributed by atoms with Crippen molar-refractivity contribution in [2.45, 2.75) is 5.16 Å². The number of hydrogen-bond donors (Lipinski definition) is 1. The highest BCUT2D eigenvalue weighted by atomic mass is 32.2. The third-order valence-corrected chi connectivity index (χ3v) is 5.12. The van der Waals surface area contributed by atoms with Crippen LogP contribution in [0.3, 0.4) is 0 Å². The Balaban J connectivity index is 1.29. The Kier molecular flexibility index (Phi) is 4.45. The van der Waals surface area contributed by atoms with E-state index in [2.05, 4.69) is 25.6 Å². The molecule has 0 spiro atoms. The van der Waals surface area contributed by atoms with Gasteiger partial charge in [-0.3, -0.25) is 9.78 Å². The fourth-order valence-electron chi connectivity index (χ4n) is 2.84. The zero-order valence-electron chi connectivity index (χ0n) is 15.0. The van der Waals surface area contributed by atoms with Crippen molar-refractivity contribution in [1.82, 2.24) is 24.8 Å². The topological polar surface area (TPSA) is 104 Å². The Labute approximate surface area is 169 Å². The molecule has 0 bridgehead atoms. The van der Waals surface area contributed by atoms with Crippen LogP contribution in [0.25, 0.3) is 16.9 Å². The summed E-state index contributed by atoms with van der Waals surface area (Å²) >= 11 is 1.26. The van der Waals surface area contributed by atoms with Crippen molar-refractivity contribution in [1.29, 1.82) is 0 Å². The zero-order valence-corrected chi connectivity index (χ0v) is 15.8. The molecular formula is C19H14N6O3S. The van der Waals surface area contributed by atoms with E-state index in [1.54, 1.807) is 35.1 Å². The van der Waals surface area contributed by atoms with Crippen LogP contribution in [0, 0.1) is 0 Å². The first-order chi connectivity index (χ1) is 14.3. The van der Waals surface area contributed by atoms with E-state index < -0.39 is 0 Å². The quantitative estimate of drug-likeness (QED) is 0.505. The molecule has 0 saturated heterocycles. The van der Waals surface area contributed by atoms with E-state index in [0.29, 0.717) is 28.0 Å². The van der Waals surface area contributed by atoms with Crippen molar-refractivity contribution in [2.24, 2.45) is 0 Å². The molecule has 0 unspecified atom stereocenters. The Morgan fingerprint density at radius 1 is 1.07 bits per heavy atom. The van der Waals surface area contributed by atoms with Crippen LogP contribution in [0.4, 0.5) is 5.69 Å². The maximum Gasteiger partial charge on any atom is 0.234 e. The Morgan fingerprint density at radius 3 is 2.83 bits per heavy atom. The van der Waals surface area contributed by atoms with Crippen LogP contribution in [0.1, 0.15) is 0 Å². The predicted molar refractivity (Wildman–Crippen MR) is 106 cm³/mol. The van der Waals surface area contributed by atoms with E-state index in [1.165, 1.54) is 11.8 Å². The van der Waals surface area contributed by atoms with Crippen LogP contribution in [-0.2, 0) is 4.79 Å². The van der Waals surface area contributed by atoms with Crippen LogP contribution in [0.15, 0.2) is 60.0 Å². The fourth-order valence-corrected chi connectivity index (χ4v) is 3.52. The van der Waals surface area contributed by atoms with Gasteiger partial charge >= 0.3 is 0 Å². The number of nitrogens with one attached hydrogen (secondary N) is 1. The van der Waals surface area contributed by atoms with Crippen molar-refractivity contribution in [3.05, 3.63) is 54.9 Å². The van der Waals surface area contributed by atoms with Gasteiger partial charge in [-0.05, 0) is 36.4 Å². The number of benzene rings is 1. The molecule has 29 heavy (non-hydrogen) atoms. The maximum absolute atomic E-state index is 12.3. The molecule has 0 atom stereocenters. The number of pyridine rings is 1. The molecule has 10 heteroatoms. The standard InChI is InChI=1S/C19H14N6O3S/c26-18(21-13-1-3-15-16(9-13)28-11-27-15)10-29-19-23-22-17-4-2-14(24-25(17)19)12-5-7-20-8-6-12/h1-9H,10-11H2,(H,21,26). The largest absolute Gasteiger partial charge is 0.454 e. The van der Waals surface area contributed by atoms with E-state index in [0.717, 1.165) is 11.3 Å². The number of aromatic nitrogens is 5. The lowest BCUT2D eigenvalue weighted by Gasteiger charge is -2.06. The van der Waals surface area contributed by atoms with Gasteiger partial charge in [0.2, 0.25) is 17.9 Å². The molecule has 1 aliphatic rings. The van der Waals surface area contributed by atoms with Gasteiger partial charge in [0, 0.05) is 29.7 Å². The second-order valence-electron chi connectivity index (χ2n) is 6.11. The van der Waals surface area contributed by atoms with Gasteiger partial charge in [-0.1, -0.05) is 11.8 Å². The minimum Gasteiger partial charge on any atom is -0.454 e. The highest BCUT2D eigenvalue weighted by molar-refractivity contribution is 7.99. The number of hydrogen-bond acceptors (Lipinski definition) is 8. The monoisotopic (exact) mass is 406 g/mol. The zero-order chi connectivity index (χ0) is 19.6.